The zero-order valence-electron chi connectivity index (χ0n) is 14.7. The number of hydrogen-bond donors (Lipinski definition) is 0. The van der Waals surface area contributed by atoms with Gasteiger partial charge in [-0.15, -0.1) is 0 Å². The molecule has 0 saturated heterocycles. The molecule has 4 rings (SSSR count). The molecule has 0 fully saturated rings. The lowest BCUT2D eigenvalue weighted by molar-refractivity contribution is -0.113. The number of anilines is 2. The summed E-state index contributed by atoms with van der Waals surface area (Å²) in [4.78, 5) is 29.2. The predicted molar refractivity (Wildman–Crippen MR) is 107 cm³/mol. The number of aliphatic imine (C=N–C) groups is 1. The molecule has 0 amide bonds. The third-order valence-electron chi connectivity index (χ3n) is 4.60. The number of aromatic nitrogens is 2. The number of Topliss-reactive ketones (excluding diaryl/α,β-unsaturated/α-hetero) is 1. The van der Waals surface area contributed by atoms with E-state index in [0.717, 1.165) is 16.9 Å². The van der Waals surface area contributed by atoms with Crippen LogP contribution in [0.3, 0.4) is 0 Å². The van der Waals surface area contributed by atoms with Crippen LogP contribution >= 0.6 is 23.2 Å². The van der Waals surface area contributed by atoms with Gasteiger partial charge in [-0.25, -0.2) is 9.97 Å². The number of para-hydroxylation sites is 1. The monoisotopic (exact) mass is 401 g/mol. The third-order valence-corrected chi connectivity index (χ3v) is 5.33. The minimum absolute atomic E-state index is 0.108. The Kier molecular flexibility index (Phi) is 4.85. The molecular formula is C19H17Cl2N5O. The highest BCUT2D eigenvalue weighted by Crippen LogP contribution is 2.32. The minimum atomic E-state index is -0.159. The number of dihydropyridines is 1. The average Bonchev–Trinajstić information content (AvgIpc) is 3.09. The first kappa shape index (κ1) is 17.9. The smallest absolute Gasteiger partial charge is 0.230 e. The van der Waals surface area contributed by atoms with Gasteiger partial charge in [0.2, 0.25) is 5.95 Å². The molecule has 0 saturated carbocycles. The number of carbonyl (C=O) groups is 1. The van der Waals surface area contributed by atoms with Crippen molar-refractivity contribution in [1.29, 1.82) is 0 Å². The molecule has 2 aliphatic heterocycles. The van der Waals surface area contributed by atoms with Crippen molar-refractivity contribution in [2.24, 2.45) is 4.99 Å². The zero-order chi connectivity index (χ0) is 19.0. The Labute approximate surface area is 167 Å². The molecule has 0 aliphatic carbocycles. The minimum Gasteiger partial charge on any atom is -0.359 e. The Morgan fingerprint density at radius 2 is 2.04 bits per heavy atom. The number of fused-ring (bicyclic) bond motifs is 1. The lowest BCUT2D eigenvalue weighted by Gasteiger charge is -2.22. The summed E-state index contributed by atoms with van der Waals surface area (Å²) in [7, 11) is 0. The van der Waals surface area contributed by atoms with Gasteiger partial charge in [0.25, 0.3) is 0 Å². The quantitative estimate of drug-likeness (QED) is 0.781. The molecule has 0 radical (unpaired) electrons. The number of benzene rings is 1. The topological polar surface area (TPSA) is 61.7 Å². The maximum atomic E-state index is 11.8. The van der Waals surface area contributed by atoms with E-state index >= 15 is 0 Å². The fourth-order valence-corrected chi connectivity index (χ4v) is 3.70. The predicted octanol–water partition coefficient (Wildman–Crippen LogP) is 3.71. The van der Waals surface area contributed by atoms with Crippen LogP contribution in [0.1, 0.15) is 18.2 Å². The summed E-state index contributed by atoms with van der Waals surface area (Å²) in [5.41, 5.74) is 3.43. The van der Waals surface area contributed by atoms with E-state index in [0.29, 0.717) is 36.3 Å². The molecule has 3 heterocycles. The fraction of sp³-hybridized carbons (Fsp3) is 0.263. The second-order valence-electron chi connectivity index (χ2n) is 6.29. The molecule has 1 aromatic heterocycles. The summed E-state index contributed by atoms with van der Waals surface area (Å²) >= 11 is 12.5. The van der Waals surface area contributed by atoms with Crippen molar-refractivity contribution in [3.8, 4) is 0 Å². The second-order valence-corrected chi connectivity index (χ2v) is 7.07. The first-order valence-corrected chi connectivity index (χ1v) is 9.38. The van der Waals surface area contributed by atoms with Crippen LogP contribution in [0.25, 0.3) is 0 Å². The van der Waals surface area contributed by atoms with E-state index in [4.69, 9.17) is 28.2 Å². The number of rotatable bonds is 4. The van der Waals surface area contributed by atoms with Gasteiger partial charge < -0.3 is 9.80 Å². The van der Waals surface area contributed by atoms with Crippen molar-refractivity contribution in [2.75, 3.05) is 18.0 Å². The van der Waals surface area contributed by atoms with Crippen molar-refractivity contribution in [2.45, 2.75) is 20.0 Å². The van der Waals surface area contributed by atoms with Crippen LogP contribution in [0.2, 0.25) is 5.02 Å². The molecule has 0 N–H and O–H groups in total. The van der Waals surface area contributed by atoms with Gasteiger partial charge >= 0.3 is 0 Å². The van der Waals surface area contributed by atoms with E-state index < -0.39 is 0 Å². The van der Waals surface area contributed by atoms with Gasteiger partial charge in [-0.1, -0.05) is 35.3 Å². The molecule has 1 aromatic carbocycles. The van der Waals surface area contributed by atoms with Gasteiger partial charge in [-0.2, -0.15) is 0 Å². The van der Waals surface area contributed by atoms with Gasteiger partial charge in [0.1, 0.15) is 11.6 Å². The number of halogens is 2. The van der Waals surface area contributed by atoms with Crippen molar-refractivity contribution < 1.29 is 4.79 Å². The van der Waals surface area contributed by atoms with Gasteiger partial charge in [0.15, 0.2) is 5.78 Å². The number of nitrogens with zero attached hydrogens (tertiary/aromatic N) is 5. The van der Waals surface area contributed by atoms with Crippen molar-refractivity contribution in [3.63, 3.8) is 0 Å². The first-order valence-electron chi connectivity index (χ1n) is 8.63. The van der Waals surface area contributed by atoms with Gasteiger partial charge in [-0.3, -0.25) is 9.79 Å². The van der Waals surface area contributed by atoms with Crippen LogP contribution in [-0.2, 0) is 17.9 Å². The lowest BCUT2D eigenvalue weighted by atomic mass is 10.2. The highest BCUT2D eigenvalue weighted by Gasteiger charge is 2.28. The van der Waals surface area contributed by atoms with Crippen molar-refractivity contribution >= 4 is 46.8 Å². The molecule has 8 heteroatoms. The molecule has 0 unspecified atom stereocenters. The number of ketones is 1. The first-order chi connectivity index (χ1) is 13.1. The average molecular weight is 402 g/mol. The van der Waals surface area contributed by atoms with Crippen LogP contribution in [0, 0.1) is 0 Å². The molecule has 2 aromatic rings. The fourth-order valence-electron chi connectivity index (χ4n) is 3.24. The summed E-state index contributed by atoms with van der Waals surface area (Å²) in [6.45, 7) is 3.97. The van der Waals surface area contributed by atoms with E-state index in [-0.39, 0.29) is 17.4 Å². The van der Waals surface area contributed by atoms with E-state index in [1.807, 2.05) is 47.2 Å². The third kappa shape index (κ3) is 3.31. The van der Waals surface area contributed by atoms with Crippen LogP contribution in [0.15, 0.2) is 46.2 Å². The van der Waals surface area contributed by atoms with Gasteiger partial charge in [-0.05, 0) is 19.1 Å². The number of hydrogen-bond acceptors (Lipinski definition) is 6. The Hall–Kier alpha value is -2.44. The molecule has 6 nitrogen and oxygen atoms in total. The van der Waals surface area contributed by atoms with E-state index in [1.165, 1.54) is 0 Å². The summed E-state index contributed by atoms with van der Waals surface area (Å²) in [5.74, 6) is 0.437. The summed E-state index contributed by atoms with van der Waals surface area (Å²) < 4.78 is 0. The zero-order valence-corrected chi connectivity index (χ0v) is 16.2. The highest BCUT2D eigenvalue weighted by molar-refractivity contribution is 6.44. The Morgan fingerprint density at radius 3 is 2.81 bits per heavy atom. The van der Waals surface area contributed by atoms with E-state index in [2.05, 4.69) is 9.98 Å². The number of allylic oxidation sites excluding steroid dienone is 1. The normalized spacial score (nSPS) is 16.1. The largest absolute Gasteiger partial charge is 0.359 e. The standard InChI is InChI=1S/C19H17Cl2N5O/c1-2-26(15-6-4-3-5-13(15)20)19-23-7-12-10-25(11-14(12)24-19)16-8-22-9-17(27)18(16)21/h3-8H,2,9-11H2,1H3. The van der Waals surface area contributed by atoms with Gasteiger partial charge in [0, 0.05) is 31.1 Å². The molecule has 0 spiro atoms. The van der Waals surface area contributed by atoms with Crippen molar-refractivity contribution in [3.05, 3.63) is 57.5 Å². The van der Waals surface area contributed by atoms with Gasteiger partial charge in [0.05, 0.1) is 28.6 Å². The van der Waals surface area contributed by atoms with Crippen LogP contribution in [0.5, 0.6) is 0 Å². The highest BCUT2D eigenvalue weighted by atomic mass is 35.5. The summed E-state index contributed by atoms with van der Waals surface area (Å²) in [5, 5.41) is 0.885. The molecule has 0 bridgehead atoms. The molecule has 138 valence electrons. The van der Waals surface area contributed by atoms with Crippen molar-refractivity contribution in [1.82, 2.24) is 14.9 Å². The number of carbonyl (C=O) groups excluding carboxylic acids is 1. The molecular weight excluding hydrogens is 385 g/mol. The maximum absolute atomic E-state index is 11.8. The molecule has 0 atom stereocenters. The van der Waals surface area contributed by atoms with Crippen LogP contribution in [0.4, 0.5) is 11.6 Å². The van der Waals surface area contributed by atoms with Crippen LogP contribution < -0.4 is 4.90 Å². The lowest BCUT2D eigenvalue weighted by Crippen LogP contribution is -2.24. The maximum Gasteiger partial charge on any atom is 0.230 e. The Balaban J connectivity index is 1.64. The Morgan fingerprint density at radius 1 is 1.22 bits per heavy atom. The SMILES string of the molecule is CCN(c1ncc2c(n1)CN(C1=C(Cl)C(=O)CN=C1)C2)c1ccccc1Cl. The van der Waals surface area contributed by atoms with E-state index in [1.54, 1.807) is 6.21 Å². The summed E-state index contributed by atoms with van der Waals surface area (Å²) in [6, 6.07) is 7.63. The molecule has 2 aliphatic rings. The molecule has 27 heavy (non-hydrogen) atoms. The van der Waals surface area contributed by atoms with Crippen LogP contribution in [-0.4, -0.2) is 40.0 Å². The Bertz CT molecular complexity index is 972. The van der Waals surface area contributed by atoms with E-state index in [9.17, 15) is 4.79 Å². The summed E-state index contributed by atoms with van der Waals surface area (Å²) in [6.07, 6.45) is 3.49. The second kappa shape index (κ2) is 7.29.